The second kappa shape index (κ2) is 6.89. The summed E-state index contributed by atoms with van der Waals surface area (Å²) in [6.45, 7) is 5.95. The molecule has 0 aliphatic rings. The fourth-order valence-corrected chi connectivity index (χ4v) is 2.19. The summed E-state index contributed by atoms with van der Waals surface area (Å²) in [7, 11) is 1.65. The van der Waals surface area contributed by atoms with Crippen LogP contribution >= 0.6 is 0 Å². The summed E-state index contributed by atoms with van der Waals surface area (Å²) in [6.07, 6.45) is 1.65. The van der Waals surface area contributed by atoms with Crippen LogP contribution in [0.1, 0.15) is 32.6 Å². The van der Waals surface area contributed by atoms with Crippen molar-refractivity contribution in [1.82, 2.24) is 5.43 Å². The van der Waals surface area contributed by atoms with Crippen molar-refractivity contribution in [3.8, 4) is 5.75 Å². The van der Waals surface area contributed by atoms with Gasteiger partial charge in [-0.25, -0.2) is 5.43 Å². The molecule has 0 aliphatic heterocycles. The van der Waals surface area contributed by atoms with Crippen molar-refractivity contribution in [3.63, 3.8) is 0 Å². The predicted octanol–water partition coefficient (Wildman–Crippen LogP) is 3.38. The molecular weight excluding hydrogens is 276 g/mol. The number of hydrogen-bond acceptors (Lipinski definition) is 3. The second-order valence-corrected chi connectivity index (χ2v) is 5.18. The molecular formula is C18H20N2O2. The van der Waals surface area contributed by atoms with Gasteiger partial charge in [-0.1, -0.05) is 17.7 Å². The third-order valence-corrected chi connectivity index (χ3v) is 3.65. The first kappa shape index (κ1) is 15.8. The lowest BCUT2D eigenvalue weighted by molar-refractivity contribution is 0.0955. The Kier molecular flexibility index (Phi) is 4.94. The summed E-state index contributed by atoms with van der Waals surface area (Å²) < 4.78 is 5.28. The number of hydrogen-bond donors (Lipinski definition) is 1. The van der Waals surface area contributed by atoms with E-state index in [0.717, 1.165) is 28.0 Å². The van der Waals surface area contributed by atoms with E-state index in [1.165, 1.54) is 0 Å². The largest absolute Gasteiger partial charge is 0.496 e. The van der Waals surface area contributed by atoms with Gasteiger partial charge in [0.15, 0.2) is 0 Å². The molecule has 1 N–H and O–H groups in total. The minimum Gasteiger partial charge on any atom is -0.496 e. The minimum absolute atomic E-state index is 0.220. The Morgan fingerprint density at radius 1 is 1.14 bits per heavy atom. The average Bonchev–Trinajstić information content (AvgIpc) is 2.51. The Morgan fingerprint density at radius 3 is 2.59 bits per heavy atom. The maximum absolute atomic E-state index is 12.0. The molecule has 0 atom stereocenters. The highest BCUT2D eigenvalue weighted by atomic mass is 16.5. The quantitative estimate of drug-likeness (QED) is 0.694. The van der Waals surface area contributed by atoms with E-state index < -0.39 is 0 Å². The highest BCUT2D eigenvalue weighted by molar-refractivity contribution is 5.95. The molecule has 0 unspecified atom stereocenters. The van der Waals surface area contributed by atoms with E-state index in [1.54, 1.807) is 19.4 Å². The van der Waals surface area contributed by atoms with Gasteiger partial charge in [0.1, 0.15) is 5.75 Å². The van der Waals surface area contributed by atoms with Gasteiger partial charge in [0, 0.05) is 5.56 Å². The molecule has 114 valence electrons. The Hall–Kier alpha value is -2.62. The van der Waals surface area contributed by atoms with Crippen LogP contribution in [0.3, 0.4) is 0 Å². The fraction of sp³-hybridized carbons (Fsp3) is 0.222. The van der Waals surface area contributed by atoms with Crippen LogP contribution in [0, 0.1) is 20.8 Å². The van der Waals surface area contributed by atoms with Crippen LogP contribution in [0.15, 0.2) is 41.5 Å². The number of hydrazone groups is 1. The van der Waals surface area contributed by atoms with Crippen molar-refractivity contribution in [2.45, 2.75) is 20.8 Å². The summed E-state index contributed by atoms with van der Waals surface area (Å²) in [5, 5.41) is 4.04. The van der Waals surface area contributed by atoms with Crippen LogP contribution in [0.25, 0.3) is 0 Å². The van der Waals surface area contributed by atoms with Crippen molar-refractivity contribution in [2.75, 3.05) is 7.11 Å². The molecule has 0 aromatic heterocycles. The third kappa shape index (κ3) is 3.52. The lowest BCUT2D eigenvalue weighted by Crippen LogP contribution is -2.17. The average molecular weight is 296 g/mol. The molecule has 2 aromatic carbocycles. The van der Waals surface area contributed by atoms with Gasteiger partial charge in [0.2, 0.25) is 0 Å². The van der Waals surface area contributed by atoms with Gasteiger partial charge < -0.3 is 4.74 Å². The first-order valence-corrected chi connectivity index (χ1v) is 7.07. The van der Waals surface area contributed by atoms with Gasteiger partial charge in [-0.05, 0) is 61.7 Å². The molecule has 22 heavy (non-hydrogen) atoms. The molecule has 4 nitrogen and oxygen atoms in total. The van der Waals surface area contributed by atoms with E-state index in [2.05, 4.69) is 10.5 Å². The lowest BCUT2D eigenvalue weighted by Gasteiger charge is -2.09. The Bertz CT molecular complexity index is 721. The van der Waals surface area contributed by atoms with E-state index in [-0.39, 0.29) is 5.91 Å². The molecule has 0 fully saturated rings. The Morgan fingerprint density at radius 2 is 1.91 bits per heavy atom. The van der Waals surface area contributed by atoms with Crippen LogP contribution in [0.5, 0.6) is 5.75 Å². The van der Waals surface area contributed by atoms with E-state index in [0.29, 0.717) is 5.56 Å². The van der Waals surface area contributed by atoms with Gasteiger partial charge in [0.25, 0.3) is 5.91 Å². The SMILES string of the molecule is COc1ccc(/C=N/NC(=O)c2cccc(C)c2)c(C)c1C. The standard InChI is InChI=1S/C18H20N2O2/c1-12-6-5-7-15(10-12)18(21)20-19-11-16-8-9-17(22-4)14(3)13(16)2/h5-11H,1-4H3,(H,20,21)/b19-11+. The summed E-state index contributed by atoms with van der Waals surface area (Å²) in [4.78, 5) is 12.0. The van der Waals surface area contributed by atoms with Gasteiger partial charge in [-0.15, -0.1) is 0 Å². The number of benzene rings is 2. The molecule has 0 heterocycles. The van der Waals surface area contributed by atoms with E-state index in [4.69, 9.17) is 4.74 Å². The number of nitrogens with zero attached hydrogens (tertiary/aromatic N) is 1. The predicted molar refractivity (Wildman–Crippen MR) is 88.7 cm³/mol. The molecule has 4 heteroatoms. The van der Waals surface area contributed by atoms with Crippen molar-refractivity contribution >= 4 is 12.1 Å². The normalized spacial score (nSPS) is 10.7. The maximum Gasteiger partial charge on any atom is 0.271 e. The Balaban J connectivity index is 2.10. The molecule has 0 bridgehead atoms. The van der Waals surface area contributed by atoms with Gasteiger partial charge in [-0.3, -0.25) is 4.79 Å². The molecule has 0 spiro atoms. The number of carbonyl (C=O) groups excluding carboxylic acids is 1. The Labute approximate surface area is 130 Å². The van der Waals surface area contributed by atoms with E-state index in [1.807, 2.05) is 51.1 Å². The first-order valence-electron chi connectivity index (χ1n) is 7.07. The first-order chi connectivity index (χ1) is 10.5. The molecule has 0 aliphatic carbocycles. The monoisotopic (exact) mass is 296 g/mol. The summed E-state index contributed by atoms with van der Waals surface area (Å²) in [6, 6.07) is 11.2. The fourth-order valence-electron chi connectivity index (χ4n) is 2.19. The molecule has 2 rings (SSSR count). The number of methoxy groups -OCH3 is 1. The second-order valence-electron chi connectivity index (χ2n) is 5.18. The summed E-state index contributed by atoms with van der Waals surface area (Å²) >= 11 is 0. The lowest BCUT2D eigenvalue weighted by atomic mass is 10.0. The zero-order valence-electron chi connectivity index (χ0n) is 13.3. The van der Waals surface area contributed by atoms with Crippen molar-refractivity contribution < 1.29 is 9.53 Å². The molecule has 1 amide bonds. The van der Waals surface area contributed by atoms with Gasteiger partial charge >= 0.3 is 0 Å². The number of rotatable bonds is 4. The number of carbonyl (C=O) groups is 1. The highest BCUT2D eigenvalue weighted by Gasteiger charge is 2.06. The number of amides is 1. The molecule has 0 radical (unpaired) electrons. The van der Waals surface area contributed by atoms with Crippen LogP contribution < -0.4 is 10.2 Å². The number of nitrogens with one attached hydrogen (secondary N) is 1. The summed E-state index contributed by atoms with van der Waals surface area (Å²) in [5.74, 6) is 0.626. The zero-order chi connectivity index (χ0) is 16.1. The van der Waals surface area contributed by atoms with Crippen LogP contribution in [-0.2, 0) is 0 Å². The van der Waals surface area contributed by atoms with Gasteiger partial charge in [-0.2, -0.15) is 5.10 Å². The topological polar surface area (TPSA) is 50.7 Å². The molecule has 0 saturated heterocycles. The van der Waals surface area contributed by atoms with Crippen molar-refractivity contribution in [2.24, 2.45) is 5.10 Å². The van der Waals surface area contributed by atoms with E-state index >= 15 is 0 Å². The van der Waals surface area contributed by atoms with Crippen LogP contribution in [-0.4, -0.2) is 19.2 Å². The summed E-state index contributed by atoms with van der Waals surface area (Å²) in [5.41, 5.74) is 7.28. The smallest absolute Gasteiger partial charge is 0.271 e. The van der Waals surface area contributed by atoms with Crippen LogP contribution in [0.2, 0.25) is 0 Å². The van der Waals surface area contributed by atoms with E-state index in [9.17, 15) is 4.79 Å². The number of aryl methyl sites for hydroxylation is 1. The molecule has 0 saturated carbocycles. The molecule has 2 aromatic rings. The minimum atomic E-state index is -0.220. The highest BCUT2D eigenvalue weighted by Crippen LogP contribution is 2.22. The number of ether oxygens (including phenoxy) is 1. The van der Waals surface area contributed by atoms with Crippen molar-refractivity contribution in [1.29, 1.82) is 0 Å². The van der Waals surface area contributed by atoms with Crippen molar-refractivity contribution in [3.05, 3.63) is 64.2 Å². The maximum atomic E-state index is 12.0. The van der Waals surface area contributed by atoms with Gasteiger partial charge in [0.05, 0.1) is 13.3 Å². The zero-order valence-corrected chi connectivity index (χ0v) is 13.3. The van der Waals surface area contributed by atoms with Crippen LogP contribution in [0.4, 0.5) is 0 Å². The third-order valence-electron chi connectivity index (χ3n) is 3.65.